The lowest BCUT2D eigenvalue weighted by Gasteiger charge is -2.30. The molecule has 1 heterocycles. The maximum absolute atomic E-state index is 12.5. The molecule has 0 aliphatic carbocycles. The number of hydrogen-bond donors (Lipinski definition) is 0. The fraction of sp³-hybridized carbons (Fsp3) is 0.455. The molecule has 1 aliphatic rings. The van der Waals surface area contributed by atoms with Crippen molar-refractivity contribution in [1.82, 2.24) is 4.90 Å². The molecular weight excluding hydrogens is 283 g/mol. The molecule has 0 bridgehead atoms. The van der Waals surface area contributed by atoms with Gasteiger partial charge in [-0.2, -0.15) is 13.2 Å². The number of halogens is 4. The van der Waals surface area contributed by atoms with Crippen LogP contribution >= 0.6 is 15.9 Å². The third-order valence-corrected chi connectivity index (χ3v) is 3.35. The van der Waals surface area contributed by atoms with Crippen LogP contribution in [0.1, 0.15) is 17.5 Å². The van der Waals surface area contributed by atoms with E-state index in [0.29, 0.717) is 0 Å². The molecule has 1 fully saturated rings. The molecule has 16 heavy (non-hydrogen) atoms. The predicted molar refractivity (Wildman–Crippen MR) is 59.0 cm³/mol. The van der Waals surface area contributed by atoms with E-state index in [4.69, 9.17) is 0 Å². The van der Waals surface area contributed by atoms with Gasteiger partial charge in [0, 0.05) is 11.0 Å². The van der Waals surface area contributed by atoms with Crippen LogP contribution in [0.4, 0.5) is 13.2 Å². The molecule has 0 atom stereocenters. The second kappa shape index (κ2) is 4.37. The molecule has 0 amide bonds. The Morgan fingerprint density at radius 2 is 1.94 bits per heavy atom. The Morgan fingerprint density at radius 3 is 2.38 bits per heavy atom. The predicted octanol–water partition coefficient (Wildman–Crippen LogP) is 3.67. The van der Waals surface area contributed by atoms with Crippen LogP contribution in [0.5, 0.6) is 0 Å². The summed E-state index contributed by atoms with van der Waals surface area (Å²) in [6.45, 7) is 2.81. The number of alkyl halides is 3. The first-order valence-electron chi connectivity index (χ1n) is 5.05. The topological polar surface area (TPSA) is 3.24 Å². The van der Waals surface area contributed by atoms with E-state index in [0.717, 1.165) is 31.3 Å². The molecule has 0 unspecified atom stereocenters. The summed E-state index contributed by atoms with van der Waals surface area (Å²) >= 11 is 2.97. The number of rotatable bonds is 2. The van der Waals surface area contributed by atoms with Gasteiger partial charge in [-0.25, -0.2) is 0 Å². The van der Waals surface area contributed by atoms with Crippen molar-refractivity contribution >= 4 is 15.9 Å². The zero-order valence-corrected chi connectivity index (χ0v) is 10.1. The highest BCUT2D eigenvalue weighted by atomic mass is 79.9. The van der Waals surface area contributed by atoms with Crippen molar-refractivity contribution in [3.63, 3.8) is 0 Å². The average molecular weight is 294 g/mol. The van der Waals surface area contributed by atoms with Gasteiger partial charge in [0.15, 0.2) is 0 Å². The first-order chi connectivity index (χ1) is 7.47. The summed E-state index contributed by atoms with van der Waals surface area (Å²) in [4.78, 5) is 2.20. The molecular formula is C11H11BrF3N. The number of nitrogens with zero attached hydrogens (tertiary/aromatic N) is 1. The molecule has 1 nitrogen and oxygen atoms in total. The largest absolute Gasteiger partial charge is 0.417 e. The maximum atomic E-state index is 12.5. The van der Waals surface area contributed by atoms with Crippen LogP contribution in [0.2, 0.25) is 0 Å². The fourth-order valence-electron chi connectivity index (χ4n) is 1.68. The van der Waals surface area contributed by atoms with Gasteiger partial charge in [-0.05, 0) is 37.2 Å². The van der Waals surface area contributed by atoms with Gasteiger partial charge in [0.2, 0.25) is 0 Å². The zero-order valence-electron chi connectivity index (χ0n) is 8.52. The third-order valence-electron chi connectivity index (χ3n) is 2.69. The number of hydrogen-bond acceptors (Lipinski definition) is 1. The molecule has 0 radical (unpaired) electrons. The van der Waals surface area contributed by atoms with Crippen LogP contribution in [-0.4, -0.2) is 18.0 Å². The van der Waals surface area contributed by atoms with E-state index in [1.807, 2.05) is 0 Å². The van der Waals surface area contributed by atoms with Crippen LogP contribution in [0.15, 0.2) is 22.7 Å². The quantitative estimate of drug-likeness (QED) is 0.804. The van der Waals surface area contributed by atoms with Gasteiger partial charge in [0.1, 0.15) is 0 Å². The first kappa shape index (κ1) is 11.9. The highest BCUT2D eigenvalue weighted by Gasteiger charge is 2.32. The normalized spacial score (nSPS) is 17.2. The van der Waals surface area contributed by atoms with Crippen molar-refractivity contribution < 1.29 is 13.2 Å². The minimum atomic E-state index is -4.28. The molecule has 0 saturated carbocycles. The summed E-state index contributed by atoms with van der Waals surface area (Å²) in [5.41, 5.74) is 0.305. The average Bonchev–Trinajstić information content (AvgIpc) is 2.09. The van der Waals surface area contributed by atoms with E-state index >= 15 is 0 Å². The lowest BCUT2D eigenvalue weighted by atomic mass is 10.1. The summed E-state index contributed by atoms with van der Waals surface area (Å²) in [6.07, 6.45) is -3.10. The lowest BCUT2D eigenvalue weighted by Crippen LogP contribution is -2.36. The number of benzene rings is 1. The Labute approximate surface area is 100 Å². The molecule has 1 aromatic rings. The van der Waals surface area contributed by atoms with Gasteiger partial charge in [-0.15, -0.1) is 0 Å². The monoisotopic (exact) mass is 293 g/mol. The smallest absolute Gasteiger partial charge is 0.299 e. The van der Waals surface area contributed by atoms with Gasteiger partial charge in [0.25, 0.3) is 0 Å². The standard InChI is InChI=1S/C11H11BrF3N/c12-10-6-8(7-16-4-1-5-16)2-3-9(10)11(13,14)15/h2-3,6H,1,4-5,7H2. The third kappa shape index (κ3) is 2.58. The van der Waals surface area contributed by atoms with Crippen molar-refractivity contribution in [2.75, 3.05) is 13.1 Å². The highest BCUT2D eigenvalue weighted by Crippen LogP contribution is 2.35. The Kier molecular flexibility index (Phi) is 3.26. The van der Waals surface area contributed by atoms with E-state index in [2.05, 4.69) is 20.8 Å². The van der Waals surface area contributed by atoms with E-state index in [1.54, 1.807) is 12.1 Å². The van der Waals surface area contributed by atoms with Crippen LogP contribution in [-0.2, 0) is 12.7 Å². The minimum absolute atomic E-state index is 0.123. The van der Waals surface area contributed by atoms with Crippen LogP contribution in [0.25, 0.3) is 0 Å². The highest BCUT2D eigenvalue weighted by molar-refractivity contribution is 9.10. The molecule has 88 valence electrons. The van der Waals surface area contributed by atoms with Crippen LogP contribution in [0, 0.1) is 0 Å². The van der Waals surface area contributed by atoms with Crippen LogP contribution in [0.3, 0.4) is 0 Å². The summed E-state index contributed by atoms with van der Waals surface area (Å²) < 4.78 is 37.6. The summed E-state index contributed by atoms with van der Waals surface area (Å²) in [5.74, 6) is 0. The first-order valence-corrected chi connectivity index (χ1v) is 5.84. The maximum Gasteiger partial charge on any atom is 0.417 e. The molecule has 0 N–H and O–H groups in total. The fourth-order valence-corrected chi connectivity index (χ4v) is 2.34. The van der Waals surface area contributed by atoms with Crippen LogP contribution < -0.4 is 0 Å². The van der Waals surface area contributed by atoms with Gasteiger partial charge in [0.05, 0.1) is 5.56 Å². The molecule has 1 saturated heterocycles. The second-order valence-corrected chi connectivity index (χ2v) is 4.80. The van der Waals surface area contributed by atoms with Crippen molar-refractivity contribution in [2.45, 2.75) is 19.1 Å². The minimum Gasteiger partial charge on any atom is -0.299 e. The van der Waals surface area contributed by atoms with E-state index in [1.165, 1.54) is 6.42 Å². The molecule has 5 heteroatoms. The molecule has 0 spiro atoms. The van der Waals surface area contributed by atoms with Crippen molar-refractivity contribution in [1.29, 1.82) is 0 Å². The Hall–Kier alpha value is -0.550. The van der Waals surface area contributed by atoms with Gasteiger partial charge in [-0.1, -0.05) is 22.0 Å². The molecule has 1 aliphatic heterocycles. The van der Waals surface area contributed by atoms with E-state index < -0.39 is 11.7 Å². The summed E-state index contributed by atoms with van der Waals surface area (Å²) in [7, 11) is 0. The molecule has 0 aromatic heterocycles. The van der Waals surface area contributed by atoms with E-state index in [9.17, 15) is 13.2 Å². The van der Waals surface area contributed by atoms with Gasteiger partial charge in [-0.3, -0.25) is 4.90 Å². The Bertz CT molecular complexity index is 385. The van der Waals surface area contributed by atoms with Gasteiger partial charge < -0.3 is 0 Å². The molecule has 2 rings (SSSR count). The Morgan fingerprint density at radius 1 is 1.25 bits per heavy atom. The lowest BCUT2D eigenvalue weighted by molar-refractivity contribution is -0.138. The van der Waals surface area contributed by atoms with Crippen molar-refractivity contribution in [3.8, 4) is 0 Å². The SMILES string of the molecule is FC(F)(F)c1ccc(CN2CCC2)cc1Br. The number of likely N-dealkylation sites (tertiary alicyclic amines) is 1. The van der Waals surface area contributed by atoms with E-state index in [-0.39, 0.29) is 4.47 Å². The Balaban J connectivity index is 2.15. The summed E-state index contributed by atoms with van der Waals surface area (Å²) in [5, 5.41) is 0. The van der Waals surface area contributed by atoms with Gasteiger partial charge >= 0.3 is 6.18 Å². The zero-order chi connectivity index (χ0) is 11.8. The van der Waals surface area contributed by atoms with Crippen molar-refractivity contribution in [3.05, 3.63) is 33.8 Å². The summed E-state index contributed by atoms with van der Waals surface area (Å²) in [6, 6.07) is 4.24. The second-order valence-electron chi connectivity index (χ2n) is 3.94. The van der Waals surface area contributed by atoms with Crippen molar-refractivity contribution in [2.24, 2.45) is 0 Å². The molecule has 1 aromatic carbocycles.